The van der Waals surface area contributed by atoms with Gasteiger partial charge in [-0.15, -0.1) is 0 Å². The van der Waals surface area contributed by atoms with Crippen LogP contribution in [0.2, 0.25) is 0 Å². The van der Waals surface area contributed by atoms with E-state index in [0.717, 1.165) is 6.54 Å². The number of hydrogen-bond acceptors (Lipinski definition) is 1. The Hall–Kier alpha value is -0.730. The summed E-state index contributed by atoms with van der Waals surface area (Å²) < 4.78 is 0. The van der Waals surface area contributed by atoms with Crippen LogP contribution in [-0.2, 0) is 0 Å². The molecule has 0 aromatic heterocycles. The van der Waals surface area contributed by atoms with E-state index in [2.05, 4.69) is 19.2 Å². The SMILES string of the molecule is CC(C)C1CN(C)C(=O)N1. The largest absolute Gasteiger partial charge is 0.333 e. The van der Waals surface area contributed by atoms with Crippen LogP contribution in [0.3, 0.4) is 0 Å². The molecule has 0 aromatic carbocycles. The third-order valence-corrected chi connectivity index (χ3v) is 1.93. The van der Waals surface area contributed by atoms with Crippen molar-refractivity contribution in [1.82, 2.24) is 10.2 Å². The molecule has 0 spiro atoms. The molecular formula is C7H14N2O. The quantitative estimate of drug-likeness (QED) is 0.573. The monoisotopic (exact) mass is 142 g/mol. The standard InChI is InChI=1S/C7H14N2O/c1-5(2)6-4-9(3)7(10)8-6/h5-6H,4H2,1-3H3,(H,8,10). The van der Waals surface area contributed by atoms with E-state index in [9.17, 15) is 4.79 Å². The molecule has 1 unspecified atom stereocenters. The Kier molecular flexibility index (Phi) is 1.83. The first kappa shape index (κ1) is 7.38. The van der Waals surface area contributed by atoms with E-state index in [1.165, 1.54) is 0 Å². The summed E-state index contributed by atoms with van der Waals surface area (Å²) in [7, 11) is 1.82. The third kappa shape index (κ3) is 1.23. The molecule has 10 heavy (non-hydrogen) atoms. The van der Waals surface area contributed by atoms with E-state index in [0.29, 0.717) is 12.0 Å². The number of likely N-dealkylation sites (N-methyl/N-ethyl adjacent to an activating group) is 1. The maximum absolute atomic E-state index is 10.9. The Morgan fingerprint density at radius 1 is 1.70 bits per heavy atom. The fourth-order valence-electron chi connectivity index (χ4n) is 1.07. The molecule has 1 fully saturated rings. The van der Waals surface area contributed by atoms with Gasteiger partial charge in [0, 0.05) is 13.6 Å². The summed E-state index contributed by atoms with van der Waals surface area (Å²) in [6, 6.07) is 0.399. The Labute approximate surface area is 61.4 Å². The summed E-state index contributed by atoms with van der Waals surface area (Å²) in [5.41, 5.74) is 0. The number of nitrogens with zero attached hydrogens (tertiary/aromatic N) is 1. The van der Waals surface area contributed by atoms with E-state index in [-0.39, 0.29) is 6.03 Å². The molecule has 3 nitrogen and oxygen atoms in total. The smallest absolute Gasteiger partial charge is 0.317 e. The molecule has 0 bridgehead atoms. The van der Waals surface area contributed by atoms with Crippen LogP contribution in [0.25, 0.3) is 0 Å². The first-order valence-corrected chi connectivity index (χ1v) is 3.63. The molecule has 0 radical (unpaired) electrons. The maximum Gasteiger partial charge on any atom is 0.317 e. The molecule has 1 atom stereocenters. The number of rotatable bonds is 1. The normalized spacial score (nSPS) is 25.8. The van der Waals surface area contributed by atoms with Crippen molar-refractivity contribution in [2.45, 2.75) is 19.9 Å². The molecule has 1 saturated heterocycles. The highest BCUT2D eigenvalue weighted by Gasteiger charge is 2.27. The van der Waals surface area contributed by atoms with Crippen LogP contribution >= 0.6 is 0 Å². The Morgan fingerprint density at radius 2 is 2.30 bits per heavy atom. The lowest BCUT2D eigenvalue weighted by Crippen LogP contribution is -2.30. The Bertz CT molecular complexity index is 145. The van der Waals surface area contributed by atoms with Crippen molar-refractivity contribution in [3.05, 3.63) is 0 Å². The van der Waals surface area contributed by atoms with Crippen LogP contribution < -0.4 is 5.32 Å². The van der Waals surface area contributed by atoms with Crippen LogP contribution in [0.5, 0.6) is 0 Å². The van der Waals surface area contributed by atoms with E-state index in [1.54, 1.807) is 4.90 Å². The van der Waals surface area contributed by atoms with Crippen molar-refractivity contribution in [2.24, 2.45) is 5.92 Å². The van der Waals surface area contributed by atoms with Gasteiger partial charge >= 0.3 is 6.03 Å². The summed E-state index contributed by atoms with van der Waals surface area (Å²) in [6.07, 6.45) is 0. The molecule has 2 amide bonds. The van der Waals surface area contributed by atoms with E-state index in [1.807, 2.05) is 7.05 Å². The summed E-state index contributed by atoms with van der Waals surface area (Å²) in [5.74, 6) is 0.536. The zero-order valence-corrected chi connectivity index (χ0v) is 6.72. The molecule has 1 aliphatic heterocycles. The highest BCUT2D eigenvalue weighted by atomic mass is 16.2. The van der Waals surface area contributed by atoms with Gasteiger partial charge in [-0.25, -0.2) is 4.79 Å². The van der Waals surface area contributed by atoms with Gasteiger partial charge < -0.3 is 10.2 Å². The van der Waals surface area contributed by atoms with Crippen molar-refractivity contribution in [1.29, 1.82) is 0 Å². The van der Waals surface area contributed by atoms with Crippen molar-refractivity contribution in [3.8, 4) is 0 Å². The van der Waals surface area contributed by atoms with Crippen molar-refractivity contribution in [2.75, 3.05) is 13.6 Å². The predicted octanol–water partition coefficient (Wildman–Crippen LogP) is 0.666. The number of amides is 2. The zero-order valence-electron chi connectivity index (χ0n) is 6.72. The van der Waals surface area contributed by atoms with Gasteiger partial charge in [0.15, 0.2) is 0 Å². The van der Waals surface area contributed by atoms with Crippen LogP contribution in [0.1, 0.15) is 13.8 Å². The lowest BCUT2D eigenvalue weighted by atomic mass is 10.1. The minimum absolute atomic E-state index is 0.0544. The van der Waals surface area contributed by atoms with Crippen LogP contribution in [0.4, 0.5) is 4.79 Å². The lowest BCUT2D eigenvalue weighted by molar-refractivity contribution is 0.226. The lowest BCUT2D eigenvalue weighted by Gasteiger charge is -2.12. The third-order valence-electron chi connectivity index (χ3n) is 1.93. The topological polar surface area (TPSA) is 32.3 Å². The van der Waals surface area contributed by atoms with Crippen LogP contribution in [0.15, 0.2) is 0 Å². The molecule has 1 aliphatic rings. The van der Waals surface area contributed by atoms with Crippen LogP contribution in [-0.4, -0.2) is 30.6 Å². The number of carbonyl (C=O) groups is 1. The second kappa shape index (κ2) is 2.48. The molecule has 0 saturated carbocycles. The van der Waals surface area contributed by atoms with Crippen molar-refractivity contribution in [3.63, 3.8) is 0 Å². The number of carbonyl (C=O) groups excluding carboxylic acids is 1. The highest BCUT2D eigenvalue weighted by molar-refractivity contribution is 5.76. The van der Waals surface area contributed by atoms with E-state index < -0.39 is 0 Å². The summed E-state index contributed by atoms with van der Waals surface area (Å²) in [6.45, 7) is 5.07. The highest BCUT2D eigenvalue weighted by Crippen LogP contribution is 2.08. The summed E-state index contributed by atoms with van der Waals surface area (Å²) >= 11 is 0. The fraction of sp³-hybridized carbons (Fsp3) is 0.857. The minimum atomic E-state index is 0.0544. The second-order valence-electron chi connectivity index (χ2n) is 3.18. The van der Waals surface area contributed by atoms with Gasteiger partial charge in [-0.2, -0.15) is 0 Å². The molecular weight excluding hydrogens is 128 g/mol. The predicted molar refractivity (Wildman–Crippen MR) is 39.8 cm³/mol. The second-order valence-corrected chi connectivity index (χ2v) is 3.18. The Balaban J connectivity index is 2.49. The van der Waals surface area contributed by atoms with E-state index >= 15 is 0 Å². The molecule has 1 rings (SSSR count). The molecule has 1 N–H and O–H groups in total. The maximum atomic E-state index is 10.9. The first-order chi connectivity index (χ1) is 4.61. The molecule has 0 aliphatic carbocycles. The van der Waals surface area contributed by atoms with Crippen LogP contribution in [0, 0.1) is 5.92 Å². The molecule has 1 heterocycles. The van der Waals surface area contributed by atoms with Crippen molar-refractivity contribution >= 4 is 6.03 Å². The van der Waals surface area contributed by atoms with Gasteiger partial charge in [-0.05, 0) is 5.92 Å². The molecule has 3 heteroatoms. The van der Waals surface area contributed by atoms with Gasteiger partial charge in [-0.1, -0.05) is 13.8 Å². The van der Waals surface area contributed by atoms with Gasteiger partial charge in [-0.3, -0.25) is 0 Å². The summed E-state index contributed by atoms with van der Waals surface area (Å²) in [4.78, 5) is 12.6. The average molecular weight is 142 g/mol. The fourth-order valence-corrected chi connectivity index (χ4v) is 1.07. The molecule has 0 aromatic rings. The number of urea groups is 1. The minimum Gasteiger partial charge on any atom is -0.333 e. The van der Waals surface area contributed by atoms with Gasteiger partial charge in [0.1, 0.15) is 0 Å². The van der Waals surface area contributed by atoms with Gasteiger partial charge in [0.25, 0.3) is 0 Å². The molecule has 58 valence electrons. The van der Waals surface area contributed by atoms with Crippen molar-refractivity contribution < 1.29 is 4.79 Å². The number of nitrogens with one attached hydrogen (secondary N) is 1. The Morgan fingerprint density at radius 3 is 2.50 bits per heavy atom. The number of hydrogen-bond donors (Lipinski definition) is 1. The van der Waals surface area contributed by atoms with E-state index in [4.69, 9.17) is 0 Å². The summed E-state index contributed by atoms with van der Waals surface area (Å²) in [5, 5.41) is 2.89. The average Bonchev–Trinajstić information content (AvgIpc) is 2.13. The first-order valence-electron chi connectivity index (χ1n) is 3.63. The van der Waals surface area contributed by atoms with Gasteiger partial charge in [0.2, 0.25) is 0 Å². The van der Waals surface area contributed by atoms with Gasteiger partial charge in [0.05, 0.1) is 6.04 Å². The zero-order chi connectivity index (χ0) is 7.72.